The number of hydrogen-bond donors (Lipinski definition) is 0. The zero-order valence-corrected chi connectivity index (χ0v) is 12.4. The zero-order valence-electron chi connectivity index (χ0n) is 11.7. The molecule has 0 saturated heterocycles. The van der Waals surface area contributed by atoms with Crippen LogP contribution in [-0.4, -0.2) is 26.2 Å². The van der Waals surface area contributed by atoms with Gasteiger partial charge in [-0.05, 0) is 31.0 Å². The highest BCUT2D eigenvalue weighted by atomic mass is 35.5. The Labute approximate surface area is 123 Å². The summed E-state index contributed by atoms with van der Waals surface area (Å²) >= 11 is 5.79. The van der Waals surface area contributed by atoms with Crippen molar-refractivity contribution in [2.45, 2.75) is 13.3 Å². The Morgan fingerprint density at radius 1 is 1.15 bits per heavy atom. The number of esters is 2. The van der Waals surface area contributed by atoms with Crippen molar-refractivity contribution in [1.82, 2.24) is 0 Å². The van der Waals surface area contributed by atoms with Gasteiger partial charge in [0.1, 0.15) is 0 Å². The molecule has 1 aromatic rings. The smallest absolute Gasteiger partial charge is 0.323 e. The normalized spacial score (nSPS) is 11.4. The first-order chi connectivity index (χ1) is 9.43. The Balaban J connectivity index is 2.84. The van der Waals surface area contributed by atoms with Crippen LogP contribution in [0, 0.1) is 5.41 Å². The Bertz CT molecular complexity index is 489. The SMILES string of the molecule is COC(=O)C(C)(C/C=C/c1ccc(Cl)cc1)C(=O)OC. The summed E-state index contributed by atoms with van der Waals surface area (Å²) < 4.78 is 9.33. The zero-order chi connectivity index (χ0) is 15.2. The molecule has 0 aliphatic rings. The van der Waals surface area contributed by atoms with Gasteiger partial charge in [0.25, 0.3) is 0 Å². The topological polar surface area (TPSA) is 52.6 Å². The van der Waals surface area contributed by atoms with Gasteiger partial charge < -0.3 is 9.47 Å². The van der Waals surface area contributed by atoms with Crippen molar-refractivity contribution in [3.63, 3.8) is 0 Å². The van der Waals surface area contributed by atoms with E-state index in [1.165, 1.54) is 21.1 Å². The van der Waals surface area contributed by atoms with E-state index in [0.29, 0.717) is 5.02 Å². The number of hydrogen-bond acceptors (Lipinski definition) is 4. The number of benzene rings is 1. The molecule has 0 N–H and O–H groups in total. The van der Waals surface area contributed by atoms with Gasteiger partial charge in [-0.3, -0.25) is 9.59 Å². The fourth-order valence-corrected chi connectivity index (χ4v) is 1.83. The predicted octanol–water partition coefficient (Wildman–Crippen LogP) is 3.10. The van der Waals surface area contributed by atoms with Gasteiger partial charge in [0.05, 0.1) is 14.2 Å². The van der Waals surface area contributed by atoms with Crippen LogP contribution in [0.25, 0.3) is 6.08 Å². The molecule has 4 nitrogen and oxygen atoms in total. The molecule has 0 unspecified atom stereocenters. The molecule has 1 rings (SSSR count). The highest BCUT2D eigenvalue weighted by Gasteiger charge is 2.42. The maximum absolute atomic E-state index is 11.7. The average molecular weight is 297 g/mol. The third-order valence-corrected chi connectivity index (χ3v) is 3.23. The summed E-state index contributed by atoms with van der Waals surface area (Å²) in [6.07, 6.45) is 3.73. The van der Waals surface area contributed by atoms with E-state index in [1.807, 2.05) is 12.1 Å². The van der Waals surface area contributed by atoms with Crippen LogP contribution in [-0.2, 0) is 19.1 Å². The fraction of sp³-hybridized carbons (Fsp3) is 0.333. The third-order valence-electron chi connectivity index (χ3n) is 2.98. The first-order valence-corrected chi connectivity index (χ1v) is 6.41. The average Bonchev–Trinajstić information content (AvgIpc) is 2.47. The van der Waals surface area contributed by atoms with Crippen LogP contribution in [0.1, 0.15) is 18.9 Å². The van der Waals surface area contributed by atoms with E-state index in [2.05, 4.69) is 9.47 Å². The van der Waals surface area contributed by atoms with E-state index in [-0.39, 0.29) is 6.42 Å². The van der Waals surface area contributed by atoms with Crippen molar-refractivity contribution in [1.29, 1.82) is 0 Å². The summed E-state index contributed by atoms with van der Waals surface area (Å²) in [6.45, 7) is 1.50. The van der Waals surface area contributed by atoms with E-state index < -0.39 is 17.4 Å². The van der Waals surface area contributed by atoms with Crippen LogP contribution in [0.5, 0.6) is 0 Å². The first-order valence-electron chi connectivity index (χ1n) is 6.03. The molecule has 0 spiro atoms. The molecular formula is C15H17ClO4. The summed E-state index contributed by atoms with van der Waals surface area (Å²) in [4.78, 5) is 23.5. The predicted molar refractivity (Wildman–Crippen MR) is 77.2 cm³/mol. The lowest BCUT2D eigenvalue weighted by Crippen LogP contribution is -2.38. The second kappa shape index (κ2) is 7.10. The van der Waals surface area contributed by atoms with Crippen molar-refractivity contribution < 1.29 is 19.1 Å². The van der Waals surface area contributed by atoms with Gasteiger partial charge in [0.15, 0.2) is 5.41 Å². The Morgan fingerprint density at radius 2 is 1.65 bits per heavy atom. The first kappa shape index (κ1) is 16.2. The van der Waals surface area contributed by atoms with Crippen LogP contribution < -0.4 is 0 Å². The van der Waals surface area contributed by atoms with E-state index in [9.17, 15) is 9.59 Å². The highest BCUT2D eigenvalue weighted by molar-refractivity contribution is 6.30. The quantitative estimate of drug-likeness (QED) is 0.619. The van der Waals surface area contributed by atoms with Crippen LogP contribution in [0.3, 0.4) is 0 Å². The van der Waals surface area contributed by atoms with Gasteiger partial charge in [-0.15, -0.1) is 0 Å². The number of carbonyl (C=O) groups is 2. The molecule has 0 aliphatic heterocycles. The Morgan fingerprint density at radius 3 is 2.10 bits per heavy atom. The molecule has 0 bridgehead atoms. The number of halogens is 1. The Hall–Kier alpha value is -1.81. The second-order valence-electron chi connectivity index (χ2n) is 4.47. The number of ether oxygens (including phenoxy) is 2. The molecule has 1 aromatic carbocycles. The van der Waals surface area contributed by atoms with Crippen LogP contribution in [0.4, 0.5) is 0 Å². The van der Waals surface area contributed by atoms with Gasteiger partial charge in [-0.1, -0.05) is 35.9 Å². The molecule has 0 aliphatic carbocycles. The second-order valence-corrected chi connectivity index (χ2v) is 4.91. The molecule has 20 heavy (non-hydrogen) atoms. The molecule has 0 heterocycles. The van der Waals surface area contributed by atoms with Gasteiger partial charge in [0, 0.05) is 5.02 Å². The molecule has 0 atom stereocenters. The van der Waals surface area contributed by atoms with Gasteiger partial charge in [-0.2, -0.15) is 0 Å². The Kier molecular flexibility index (Phi) is 5.77. The maximum Gasteiger partial charge on any atom is 0.323 e. The van der Waals surface area contributed by atoms with Crippen LogP contribution in [0.15, 0.2) is 30.3 Å². The number of methoxy groups -OCH3 is 2. The van der Waals surface area contributed by atoms with Gasteiger partial charge >= 0.3 is 11.9 Å². The van der Waals surface area contributed by atoms with Crippen LogP contribution >= 0.6 is 11.6 Å². The van der Waals surface area contributed by atoms with Crippen molar-refractivity contribution in [2.75, 3.05) is 14.2 Å². The fourth-order valence-electron chi connectivity index (χ4n) is 1.71. The summed E-state index contributed by atoms with van der Waals surface area (Å²) in [5, 5.41) is 0.649. The van der Waals surface area contributed by atoms with E-state index >= 15 is 0 Å². The molecule has 0 amide bonds. The van der Waals surface area contributed by atoms with Crippen molar-refractivity contribution in [3.8, 4) is 0 Å². The van der Waals surface area contributed by atoms with Gasteiger partial charge in [-0.25, -0.2) is 0 Å². The van der Waals surface area contributed by atoms with E-state index in [4.69, 9.17) is 11.6 Å². The minimum atomic E-state index is -1.34. The minimum Gasteiger partial charge on any atom is -0.468 e. The summed E-state index contributed by atoms with van der Waals surface area (Å²) in [5.74, 6) is -1.24. The summed E-state index contributed by atoms with van der Waals surface area (Å²) in [7, 11) is 2.48. The lowest BCUT2D eigenvalue weighted by atomic mass is 9.86. The molecule has 0 fully saturated rings. The maximum atomic E-state index is 11.7. The standard InChI is InChI=1S/C15H17ClO4/c1-15(13(17)19-2,14(18)20-3)10-4-5-11-6-8-12(16)9-7-11/h4-9H,10H2,1-3H3/b5-4+. The molecule has 0 radical (unpaired) electrons. The van der Waals surface area contributed by atoms with Gasteiger partial charge in [0.2, 0.25) is 0 Å². The number of allylic oxidation sites excluding steroid dienone is 1. The van der Waals surface area contributed by atoms with E-state index in [0.717, 1.165) is 5.56 Å². The lowest BCUT2D eigenvalue weighted by molar-refractivity contribution is -0.167. The number of carbonyl (C=O) groups excluding carboxylic acids is 2. The molecule has 108 valence electrons. The molecule has 0 aromatic heterocycles. The highest BCUT2D eigenvalue weighted by Crippen LogP contribution is 2.26. The monoisotopic (exact) mass is 296 g/mol. The van der Waals surface area contributed by atoms with Crippen molar-refractivity contribution >= 4 is 29.6 Å². The molecule has 0 saturated carbocycles. The van der Waals surface area contributed by atoms with Crippen LogP contribution in [0.2, 0.25) is 5.02 Å². The van der Waals surface area contributed by atoms with Crippen molar-refractivity contribution in [3.05, 3.63) is 40.9 Å². The summed E-state index contributed by atoms with van der Waals surface area (Å²) in [6, 6.07) is 7.21. The number of rotatable bonds is 5. The third kappa shape index (κ3) is 3.84. The van der Waals surface area contributed by atoms with Crippen molar-refractivity contribution in [2.24, 2.45) is 5.41 Å². The molecular weight excluding hydrogens is 280 g/mol. The largest absolute Gasteiger partial charge is 0.468 e. The minimum absolute atomic E-state index is 0.189. The molecule has 5 heteroatoms. The van der Waals surface area contributed by atoms with E-state index in [1.54, 1.807) is 24.3 Å². The lowest BCUT2D eigenvalue weighted by Gasteiger charge is -2.21. The summed E-state index contributed by atoms with van der Waals surface area (Å²) in [5.41, 5.74) is -0.418.